The number of allylic oxidation sites excluding steroid dienone is 1. The Balaban J connectivity index is 3.38. The Bertz CT molecular complexity index is 370. The van der Waals surface area contributed by atoms with Crippen LogP contribution in [0, 0.1) is 0 Å². The lowest BCUT2D eigenvalue weighted by atomic mass is 9.78. The average Bonchev–Trinajstić information content (AvgIpc) is 2.29. The van der Waals surface area contributed by atoms with Crippen LogP contribution >= 0.6 is 0 Å². The molecule has 0 nitrogen and oxygen atoms in total. The fourth-order valence-corrected chi connectivity index (χ4v) is 2.07. The molecule has 16 heavy (non-hydrogen) atoms. The molecule has 1 aromatic carbocycles. The lowest BCUT2D eigenvalue weighted by Crippen LogP contribution is -2.17. The summed E-state index contributed by atoms with van der Waals surface area (Å²) in [5, 5.41) is 0. The number of rotatable bonds is 4. The van der Waals surface area contributed by atoms with E-state index < -0.39 is 0 Å². The van der Waals surface area contributed by atoms with E-state index >= 15 is 0 Å². The third-order valence-electron chi connectivity index (χ3n) is 3.52. The molecule has 0 atom stereocenters. The molecular weight excluding hydrogens is 192 g/mol. The molecule has 1 aromatic rings. The minimum atomic E-state index is 0.264. The standard InChI is InChI=1S/C16H24/c1-6-10-14-13(7-2)11-9-12-15(14)16(4,5)8-3/h6,9-12H,7-8H2,1-5H3/b10-6-. The van der Waals surface area contributed by atoms with Gasteiger partial charge in [-0.05, 0) is 41.9 Å². The van der Waals surface area contributed by atoms with Crippen LogP contribution in [0.1, 0.15) is 57.7 Å². The van der Waals surface area contributed by atoms with Crippen LogP contribution in [-0.2, 0) is 11.8 Å². The predicted molar refractivity (Wildman–Crippen MR) is 73.8 cm³/mol. The lowest BCUT2D eigenvalue weighted by Gasteiger charge is -2.27. The topological polar surface area (TPSA) is 0 Å². The molecule has 0 saturated carbocycles. The molecule has 0 spiro atoms. The zero-order valence-electron chi connectivity index (χ0n) is 11.3. The summed E-state index contributed by atoms with van der Waals surface area (Å²) in [4.78, 5) is 0. The van der Waals surface area contributed by atoms with Gasteiger partial charge in [-0.2, -0.15) is 0 Å². The second-order valence-corrected chi connectivity index (χ2v) is 4.97. The Morgan fingerprint density at radius 2 is 1.88 bits per heavy atom. The molecule has 0 saturated heterocycles. The molecule has 0 heteroatoms. The summed E-state index contributed by atoms with van der Waals surface area (Å²) in [7, 11) is 0. The van der Waals surface area contributed by atoms with Crippen molar-refractivity contribution in [1.29, 1.82) is 0 Å². The molecule has 0 N–H and O–H groups in total. The van der Waals surface area contributed by atoms with Crippen molar-refractivity contribution >= 4 is 6.08 Å². The molecule has 0 aliphatic rings. The highest BCUT2D eigenvalue weighted by molar-refractivity contribution is 5.59. The number of benzene rings is 1. The maximum atomic E-state index is 2.33. The van der Waals surface area contributed by atoms with Gasteiger partial charge in [0.05, 0.1) is 0 Å². The summed E-state index contributed by atoms with van der Waals surface area (Å²) in [5.41, 5.74) is 4.63. The summed E-state index contributed by atoms with van der Waals surface area (Å²) in [6.07, 6.45) is 6.67. The van der Waals surface area contributed by atoms with Crippen molar-refractivity contribution in [3.63, 3.8) is 0 Å². The molecular formula is C16H24. The van der Waals surface area contributed by atoms with Crippen LogP contribution in [-0.4, -0.2) is 0 Å². The third kappa shape index (κ3) is 2.55. The van der Waals surface area contributed by atoms with Crippen LogP contribution in [0.3, 0.4) is 0 Å². The van der Waals surface area contributed by atoms with E-state index in [0.717, 1.165) is 6.42 Å². The van der Waals surface area contributed by atoms with Crippen molar-refractivity contribution in [3.05, 3.63) is 41.0 Å². The summed E-state index contributed by atoms with van der Waals surface area (Å²) in [5.74, 6) is 0. The smallest absolute Gasteiger partial charge is 0.0100 e. The van der Waals surface area contributed by atoms with E-state index in [0.29, 0.717) is 0 Å². The first-order chi connectivity index (χ1) is 7.56. The van der Waals surface area contributed by atoms with Gasteiger partial charge in [0, 0.05) is 0 Å². The number of aryl methyl sites for hydroxylation is 1. The molecule has 0 bridgehead atoms. The van der Waals surface area contributed by atoms with E-state index in [1.54, 1.807) is 0 Å². The van der Waals surface area contributed by atoms with E-state index in [2.05, 4.69) is 65.0 Å². The van der Waals surface area contributed by atoms with Gasteiger partial charge in [0.1, 0.15) is 0 Å². The van der Waals surface area contributed by atoms with E-state index in [1.165, 1.54) is 23.1 Å². The van der Waals surface area contributed by atoms with Gasteiger partial charge in [0.2, 0.25) is 0 Å². The molecule has 0 aliphatic carbocycles. The summed E-state index contributed by atoms with van der Waals surface area (Å²) in [6.45, 7) is 11.2. The van der Waals surface area contributed by atoms with Crippen molar-refractivity contribution in [2.24, 2.45) is 0 Å². The van der Waals surface area contributed by atoms with Crippen molar-refractivity contribution in [1.82, 2.24) is 0 Å². The molecule has 0 aromatic heterocycles. The van der Waals surface area contributed by atoms with Gasteiger partial charge in [0.15, 0.2) is 0 Å². The highest BCUT2D eigenvalue weighted by atomic mass is 14.3. The second kappa shape index (κ2) is 5.34. The first-order valence-corrected chi connectivity index (χ1v) is 6.31. The van der Waals surface area contributed by atoms with Gasteiger partial charge in [-0.3, -0.25) is 0 Å². The molecule has 0 fully saturated rings. The maximum Gasteiger partial charge on any atom is -0.0100 e. The Labute approximate surface area is 100 Å². The average molecular weight is 216 g/mol. The molecule has 1 rings (SSSR count). The zero-order chi connectivity index (χ0) is 12.2. The van der Waals surface area contributed by atoms with Crippen molar-refractivity contribution in [3.8, 4) is 0 Å². The molecule has 0 unspecified atom stereocenters. The molecule has 0 aliphatic heterocycles. The zero-order valence-corrected chi connectivity index (χ0v) is 11.3. The highest BCUT2D eigenvalue weighted by Crippen LogP contribution is 2.32. The fraction of sp³-hybridized carbons (Fsp3) is 0.500. The Kier molecular flexibility index (Phi) is 4.35. The molecule has 88 valence electrons. The van der Waals surface area contributed by atoms with Gasteiger partial charge in [-0.25, -0.2) is 0 Å². The monoisotopic (exact) mass is 216 g/mol. The first kappa shape index (κ1) is 13.0. The van der Waals surface area contributed by atoms with Crippen LogP contribution in [0.25, 0.3) is 6.08 Å². The van der Waals surface area contributed by atoms with Crippen LogP contribution < -0.4 is 0 Å². The highest BCUT2D eigenvalue weighted by Gasteiger charge is 2.21. The van der Waals surface area contributed by atoms with Gasteiger partial charge in [0.25, 0.3) is 0 Å². The predicted octanol–water partition coefficient (Wildman–Crippen LogP) is 4.97. The molecule has 0 radical (unpaired) electrons. The van der Waals surface area contributed by atoms with Crippen LogP contribution in [0.2, 0.25) is 0 Å². The minimum absolute atomic E-state index is 0.264. The van der Waals surface area contributed by atoms with Crippen LogP contribution in [0.5, 0.6) is 0 Å². The largest absolute Gasteiger partial charge is 0.0870 e. The van der Waals surface area contributed by atoms with Gasteiger partial charge < -0.3 is 0 Å². The van der Waals surface area contributed by atoms with Gasteiger partial charge in [-0.15, -0.1) is 0 Å². The van der Waals surface area contributed by atoms with Gasteiger partial charge in [-0.1, -0.05) is 58.0 Å². The van der Waals surface area contributed by atoms with Gasteiger partial charge >= 0.3 is 0 Å². The second-order valence-electron chi connectivity index (χ2n) is 4.97. The fourth-order valence-electron chi connectivity index (χ4n) is 2.07. The summed E-state index contributed by atoms with van der Waals surface area (Å²) in [6, 6.07) is 6.71. The molecule has 0 heterocycles. The number of hydrogen-bond acceptors (Lipinski definition) is 0. The van der Waals surface area contributed by atoms with Crippen molar-refractivity contribution in [2.45, 2.75) is 52.9 Å². The Morgan fingerprint density at radius 3 is 2.38 bits per heavy atom. The number of hydrogen-bond donors (Lipinski definition) is 0. The third-order valence-corrected chi connectivity index (χ3v) is 3.52. The summed E-state index contributed by atoms with van der Waals surface area (Å²) >= 11 is 0. The van der Waals surface area contributed by atoms with E-state index in [9.17, 15) is 0 Å². The lowest BCUT2D eigenvalue weighted by molar-refractivity contribution is 0.505. The van der Waals surface area contributed by atoms with E-state index in [4.69, 9.17) is 0 Å². The van der Waals surface area contributed by atoms with Crippen LogP contribution in [0.15, 0.2) is 24.3 Å². The minimum Gasteiger partial charge on any atom is -0.0870 e. The SMILES string of the molecule is C/C=C\c1c(CC)cccc1C(C)(C)CC. The summed E-state index contributed by atoms with van der Waals surface area (Å²) < 4.78 is 0. The normalized spacial score (nSPS) is 12.3. The maximum absolute atomic E-state index is 2.33. The van der Waals surface area contributed by atoms with Crippen molar-refractivity contribution in [2.75, 3.05) is 0 Å². The quantitative estimate of drug-likeness (QED) is 0.666. The Hall–Kier alpha value is -1.04. The molecule has 0 amide bonds. The van der Waals surface area contributed by atoms with Crippen molar-refractivity contribution < 1.29 is 0 Å². The van der Waals surface area contributed by atoms with E-state index in [1.807, 2.05) is 0 Å². The Morgan fingerprint density at radius 1 is 1.19 bits per heavy atom. The first-order valence-electron chi connectivity index (χ1n) is 6.31. The van der Waals surface area contributed by atoms with Crippen LogP contribution in [0.4, 0.5) is 0 Å². The van der Waals surface area contributed by atoms with E-state index in [-0.39, 0.29) is 5.41 Å².